The number of nitrogens with one attached hydrogen (secondary N) is 1. The predicted molar refractivity (Wildman–Crippen MR) is 37.1 cm³/mol. The van der Waals surface area contributed by atoms with Crippen LogP contribution in [0.25, 0.3) is 0 Å². The standard InChI is InChI=1S/C7H11NO3/c9-5-3-7(6(10)11)2-1-4(5)8-7/h4-5,8-9H,1-3H2,(H,10,11)/t4-,5-,7+/m1/s1. The van der Waals surface area contributed by atoms with E-state index in [9.17, 15) is 9.90 Å². The Balaban J connectivity index is 2.23. The lowest BCUT2D eigenvalue weighted by molar-refractivity contribution is -0.144. The largest absolute Gasteiger partial charge is 0.480 e. The Morgan fingerprint density at radius 2 is 2.36 bits per heavy atom. The van der Waals surface area contributed by atoms with Crippen LogP contribution in [0.2, 0.25) is 0 Å². The molecule has 0 spiro atoms. The van der Waals surface area contributed by atoms with Gasteiger partial charge in [0.1, 0.15) is 5.54 Å². The highest BCUT2D eigenvalue weighted by Gasteiger charge is 2.54. The van der Waals surface area contributed by atoms with Gasteiger partial charge in [0.25, 0.3) is 0 Å². The summed E-state index contributed by atoms with van der Waals surface area (Å²) < 4.78 is 0. The van der Waals surface area contributed by atoms with E-state index in [1.165, 1.54) is 0 Å². The summed E-state index contributed by atoms with van der Waals surface area (Å²) in [5.74, 6) is -0.823. The first-order valence-corrected chi connectivity index (χ1v) is 3.83. The summed E-state index contributed by atoms with van der Waals surface area (Å²) in [5, 5.41) is 21.1. The molecule has 2 aliphatic rings. The fraction of sp³-hybridized carbons (Fsp3) is 0.857. The third-order valence-corrected chi connectivity index (χ3v) is 2.78. The molecule has 2 rings (SSSR count). The second-order valence-corrected chi connectivity index (χ2v) is 3.45. The van der Waals surface area contributed by atoms with Crippen molar-refractivity contribution in [3.05, 3.63) is 0 Å². The first kappa shape index (κ1) is 7.06. The summed E-state index contributed by atoms with van der Waals surface area (Å²) >= 11 is 0. The van der Waals surface area contributed by atoms with Crippen LogP contribution in [-0.4, -0.2) is 33.9 Å². The summed E-state index contributed by atoms with van der Waals surface area (Å²) in [6, 6.07) is 0.0195. The summed E-state index contributed by atoms with van der Waals surface area (Å²) in [4.78, 5) is 10.8. The van der Waals surface area contributed by atoms with E-state index in [4.69, 9.17) is 5.11 Å². The zero-order chi connectivity index (χ0) is 8.06. The first-order valence-electron chi connectivity index (χ1n) is 3.83. The van der Waals surface area contributed by atoms with Gasteiger partial charge < -0.3 is 10.2 Å². The van der Waals surface area contributed by atoms with E-state index >= 15 is 0 Å². The zero-order valence-corrected chi connectivity index (χ0v) is 6.08. The van der Waals surface area contributed by atoms with Crippen molar-refractivity contribution in [3.63, 3.8) is 0 Å². The highest BCUT2D eigenvalue weighted by Crippen LogP contribution is 2.37. The van der Waals surface area contributed by atoms with Gasteiger partial charge in [-0.25, -0.2) is 0 Å². The summed E-state index contributed by atoms with van der Waals surface area (Å²) in [6.45, 7) is 0. The van der Waals surface area contributed by atoms with E-state index in [-0.39, 0.29) is 6.04 Å². The van der Waals surface area contributed by atoms with Gasteiger partial charge >= 0.3 is 5.97 Å². The molecule has 0 aliphatic carbocycles. The molecule has 0 saturated carbocycles. The minimum atomic E-state index is -0.823. The fourth-order valence-corrected chi connectivity index (χ4v) is 2.11. The van der Waals surface area contributed by atoms with Crippen LogP contribution >= 0.6 is 0 Å². The molecule has 0 aromatic carbocycles. The van der Waals surface area contributed by atoms with Crippen LogP contribution in [0.4, 0.5) is 0 Å². The molecule has 0 aromatic heterocycles. The number of aliphatic hydroxyl groups excluding tert-OH is 1. The van der Waals surface area contributed by atoms with Gasteiger partial charge in [0.15, 0.2) is 0 Å². The number of carboxylic acid groups (broad SMARTS) is 1. The molecule has 2 aliphatic heterocycles. The van der Waals surface area contributed by atoms with Crippen molar-refractivity contribution in [1.82, 2.24) is 5.32 Å². The number of hydrogen-bond donors (Lipinski definition) is 3. The molecule has 0 unspecified atom stereocenters. The highest BCUT2D eigenvalue weighted by molar-refractivity contribution is 5.80. The Hall–Kier alpha value is -0.610. The van der Waals surface area contributed by atoms with Gasteiger partial charge in [-0.05, 0) is 12.8 Å². The zero-order valence-electron chi connectivity index (χ0n) is 6.08. The van der Waals surface area contributed by atoms with Gasteiger partial charge in [0, 0.05) is 12.5 Å². The maximum atomic E-state index is 10.8. The minimum Gasteiger partial charge on any atom is -0.480 e. The second kappa shape index (κ2) is 1.95. The molecule has 2 heterocycles. The van der Waals surface area contributed by atoms with Crippen LogP contribution < -0.4 is 5.32 Å². The number of aliphatic carboxylic acids is 1. The lowest BCUT2D eigenvalue weighted by Gasteiger charge is -2.21. The summed E-state index contributed by atoms with van der Waals surface area (Å²) in [5.41, 5.74) is -0.802. The van der Waals surface area contributed by atoms with Gasteiger partial charge in [0.05, 0.1) is 6.10 Å². The molecule has 3 N–H and O–H groups in total. The molecule has 2 bridgehead atoms. The number of hydrogen-bond acceptors (Lipinski definition) is 3. The molecule has 3 atom stereocenters. The number of rotatable bonds is 1. The summed E-state index contributed by atoms with van der Waals surface area (Å²) in [6.07, 6.45) is 1.35. The molecule has 62 valence electrons. The lowest BCUT2D eigenvalue weighted by Crippen LogP contribution is -2.44. The van der Waals surface area contributed by atoms with E-state index < -0.39 is 17.6 Å². The molecule has 0 radical (unpaired) electrons. The van der Waals surface area contributed by atoms with Gasteiger partial charge in [-0.3, -0.25) is 10.1 Å². The van der Waals surface area contributed by atoms with E-state index in [2.05, 4.69) is 5.32 Å². The van der Waals surface area contributed by atoms with Gasteiger partial charge in [-0.15, -0.1) is 0 Å². The Morgan fingerprint density at radius 3 is 2.64 bits per heavy atom. The fourth-order valence-electron chi connectivity index (χ4n) is 2.11. The maximum Gasteiger partial charge on any atom is 0.324 e. The summed E-state index contributed by atoms with van der Waals surface area (Å²) in [7, 11) is 0. The van der Waals surface area contributed by atoms with E-state index in [0.717, 1.165) is 6.42 Å². The number of fused-ring (bicyclic) bond motifs is 2. The monoisotopic (exact) mass is 157 g/mol. The van der Waals surface area contributed by atoms with Crippen molar-refractivity contribution < 1.29 is 15.0 Å². The van der Waals surface area contributed by atoms with Gasteiger partial charge in [0.2, 0.25) is 0 Å². The number of aliphatic hydroxyl groups is 1. The van der Waals surface area contributed by atoms with E-state index in [1.807, 2.05) is 0 Å². The van der Waals surface area contributed by atoms with E-state index in [0.29, 0.717) is 12.8 Å². The smallest absolute Gasteiger partial charge is 0.324 e. The molecular formula is C7H11NO3. The predicted octanol–water partition coefficient (Wildman–Crippen LogP) is -0.674. The Kier molecular flexibility index (Phi) is 1.25. The maximum absolute atomic E-state index is 10.8. The molecule has 2 fully saturated rings. The van der Waals surface area contributed by atoms with Crippen molar-refractivity contribution >= 4 is 5.97 Å². The SMILES string of the molecule is O=C(O)[C@@]12CC[C@@H](N1)[C@H](O)C2. The Morgan fingerprint density at radius 1 is 1.64 bits per heavy atom. The third-order valence-electron chi connectivity index (χ3n) is 2.78. The van der Waals surface area contributed by atoms with Crippen LogP contribution in [0.5, 0.6) is 0 Å². The third kappa shape index (κ3) is 0.795. The van der Waals surface area contributed by atoms with Crippen LogP contribution in [0.1, 0.15) is 19.3 Å². The van der Waals surface area contributed by atoms with Gasteiger partial charge in [-0.2, -0.15) is 0 Å². The highest BCUT2D eigenvalue weighted by atomic mass is 16.4. The van der Waals surface area contributed by atoms with Crippen molar-refractivity contribution in [3.8, 4) is 0 Å². The van der Waals surface area contributed by atoms with Crippen molar-refractivity contribution in [2.24, 2.45) is 0 Å². The average Bonchev–Trinajstić information content (AvgIpc) is 2.44. The molecule has 0 amide bonds. The van der Waals surface area contributed by atoms with E-state index in [1.54, 1.807) is 0 Å². The van der Waals surface area contributed by atoms with Crippen LogP contribution in [0.3, 0.4) is 0 Å². The van der Waals surface area contributed by atoms with Crippen LogP contribution in [0, 0.1) is 0 Å². The normalized spacial score (nSPS) is 48.1. The molecule has 4 nitrogen and oxygen atoms in total. The molecule has 4 heteroatoms. The lowest BCUT2D eigenvalue weighted by atomic mass is 9.86. The molecule has 0 aromatic rings. The quantitative estimate of drug-likeness (QED) is 0.472. The Labute approximate surface area is 64.2 Å². The van der Waals surface area contributed by atoms with Crippen molar-refractivity contribution in [2.45, 2.75) is 36.9 Å². The number of carbonyl (C=O) groups is 1. The first-order chi connectivity index (χ1) is 5.14. The number of carboxylic acids is 1. The molecule has 2 saturated heterocycles. The topological polar surface area (TPSA) is 69.6 Å². The van der Waals surface area contributed by atoms with Gasteiger partial charge in [-0.1, -0.05) is 0 Å². The van der Waals surface area contributed by atoms with Crippen molar-refractivity contribution in [1.29, 1.82) is 0 Å². The molecule has 11 heavy (non-hydrogen) atoms. The second-order valence-electron chi connectivity index (χ2n) is 3.45. The Bertz CT molecular complexity index is 202. The average molecular weight is 157 g/mol. The molecular weight excluding hydrogens is 146 g/mol. The van der Waals surface area contributed by atoms with Crippen LogP contribution in [0.15, 0.2) is 0 Å². The van der Waals surface area contributed by atoms with Crippen LogP contribution in [-0.2, 0) is 4.79 Å². The minimum absolute atomic E-state index is 0.0195. The van der Waals surface area contributed by atoms with Crippen molar-refractivity contribution in [2.75, 3.05) is 0 Å².